The number of benzene rings is 1. The third-order valence-corrected chi connectivity index (χ3v) is 3.79. The summed E-state index contributed by atoms with van der Waals surface area (Å²) in [5.41, 5.74) is 2.91. The maximum atomic E-state index is 9.04. The van der Waals surface area contributed by atoms with E-state index in [1.54, 1.807) is 0 Å². The summed E-state index contributed by atoms with van der Waals surface area (Å²) in [4.78, 5) is 0. The number of ether oxygens (including phenoxy) is 1. The minimum absolute atomic E-state index is 0.104. The number of hydrogen-bond acceptors (Lipinski definition) is 3. The van der Waals surface area contributed by atoms with Crippen LogP contribution in [0, 0.1) is 11.3 Å². The van der Waals surface area contributed by atoms with Gasteiger partial charge in [0.15, 0.2) is 0 Å². The first-order chi connectivity index (χ1) is 9.83. The molecule has 1 atom stereocenters. The zero-order chi connectivity index (χ0) is 14.2. The summed E-state index contributed by atoms with van der Waals surface area (Å²) in [6.45, 7) is 3.58. The molecule has 0 spiro atoms. The standard InChI is InChI=1S/C17H24N2O/c1-2-10-19-16(13-18)9-11-20-17-8-7-14-5-3-4-6-15(14)12-17/h7-8,12,16,19H,2-6,9-11H2,1H3. The molecule has 2 rings (SSSR count). The average Bonchev–Trinajstić information content (AvgIpc) is 2.50. The van der Waals surface area contributed by atoms with Crippen LogP contribution in [0.25, 0.3) is 0 Å². The fraction of sp³-hybridized carbons (Fsp3) is 0.588. The molecule has 0 radical (unpaired) electrons. The van der Waals surface area contributed by atoms with Gasteiger partial charge in [-0.25, -0.2) is 0 Å². The topological polar surface area (TPSA) is 45.0 Å². The van der Waals surface area contributed by atoms with Gasteiger partial charge in [0, 0.05) is 6.42 Å². The van der Waals surface area contributed by atoms with E-state index < -0.39 is 0 Å². The molecule has 0 amide bonds. The first kappa shape index (κ1) is 14.9. The lowest BCUT2D eigenvalue weighted by Gasteiger charge is -2.17. The number of rotatable bonds is 7. The van der Waals surface area contributed by atoms with Crippen LogP contribution in [0.15, 0.2) is 18.2 Å². The largest absolute Gasteiger partial charge is 0.493 e. The predicted molar refractivity (Wildman–Crippen MR) is 80.9 cm³/mol. The van der Waals surface area contributed by atoms with Gasteiger partial charge in [0.1, 0.15) is 5.75 Å². The molecule has 0 fully saturated rings. The van der Waals surface area contributed by atoms with Crippen molar-refractivity contribution in [1.29, 1.82) is 5.26 Å². The Labute approximate surface area is 121 Å². The second-order valence-corrected chi connectivity index (χ2v) is 5.41. The number of nitrogens with zero attached hydrogens (tertiary/aromatic N) is 1. The SMILES string of the molecule is CCCNC(C#N)CCOc1ccc2c(c1)CCCC2. The summed E-state index contributed by atoms with van der Waals surface area (Å²) in [6, 6.07) is 8.61. The molecule has 1 aromatic carbocycles. The quantitative estimate of drug-likeness (QED) is 0.829. The van der Waals surface area contributed by atoms with Gasteiger partial charge < -0.3 is 10.1 Å². The van der Waals surface area contributed by atoms with Gasteiger partial charge in [-0.05, 0) is 61.9 Å². The number of nitriles is 1. The van der Waals surface area contributed by atoms with Crippen LogP contribution >= 0.6 is 0 Å². The van der Waals surface area contributed by atoms with Gasteiger partial charge in [-0.2, -0.15) is 5.26 Å². The Kier molecular flexibility index (Phi) is 5.88. The number of aryl methyl sites for hydroxylation is 2. The van der Waals surface area contributed by atoms with E-state index in [-0.39, 0.29) is 6.04 Å². The molecule has 3 nitrogen and oxygen atoms in total. The van der Waals surface area contributed by atoms with Crippen molar-refractivity contribution >= 4 is 0 Å². The molecule has 1 aliphatic carbocycles. The third-order valence-electron chi connectivity index (χ3n) is 3.79. The lowest BCUT2D eigenvalue weighted by molar-refractivity contribution is 0.297. The molecular weight excluding hydrogens is 248 g/mol. The molecule has 1 aliphatic rings. The Bertz CT molecular complexity index is 465. The van der Waals surface area contributed by atoms with E-state index in [0.29, 0.717) is 6.61 Å². The van der Waals surface area contributed by atoms with Crippen LogP contribution in [0.4, 0.5) is 0 Å². The third kappa shape index (κ3) is 4.25. The van der Waals surface area contributed by atoms with Gasteiger partial charge in [-0.3, -0.25) is 0 Å². The summed E-state index contributed by atoms with van der Waals surface area (Å²) in [5.74, 6) is 0.942. The molecule has 3 heteroatoms. The van der Waals surface area contributed by atoms with E-state index in [2.05, 4.69) is 36.5 Å². The molecule has 108 valence electrons. The molecule has 0 heterocycles. The summed E-state index contributed by atoms with van der Waals surface area (Å²) in [6.07, 6.45) is 6.74. The van der Waals surface area contributed by atoms with Gasteiger partial charge in [-0.1, -0.05) is 13.0 Å². The Balaban J connectivity index is 1.80. The second kappa shape index (κ2) is 7.91. The van der Waals surface area contributed by atoms with Crippen LogP contribution in [0.1, 0.15) is 43.7 Å². The fourth-order valence-corrected chi connectivity index (χ4v) is 2.63. The summed E-state index contributed by atoms with van der Waals surface area (Å²) < 4.78 is 5.79. The van der Waals surface area contributed by atoms with Crippen LogP contribution in [0.3, 0.4) is 0 Å². The molecule has 0 saturated heterocycles. The Hall–Kier alpha value is -1.53. The summed E-state index contributed by atoms with van der Waals surface area (Å²) in [7, 11) is 0. The smallest absolute Gasteiger partial charge is 0.119 e. The molecule has 0 bridgehead atoms. The molecule has 1 N–H and O–H groups in total. The van der Waals surface area contributed by atoms with Crippen molar-refractivity contribution in [2.45, 2.75) is 51.5 Å². The minimum Gasteiger partial charge on any atom is -0.493 e. The van der Waals surface area contributed by atoms with Crippen molar-refractivity contribution in [2.75, 3.05) is 13.2 Å². The number of nitrogens with one attached hydrogen (secondary N) is 1. The average molecular weight is 272 g/mol. The van der Waals surface area contributed by atoms with Gasteiger partial charge in [0.05, 0.1) is 18.7 Å². The van der Waals surface area contributed by atoms with Gasteiger partial charge in [0.2, 0.25) is 0 Å². The maximum Gasteiger partial charge on any atom is 0.119 e. The van der Waals surface area contributed by atoms with E-state index in [0.717, 1.165) is 25.1 Å². The van der Waals surface area contributed by atoms with E-state index >= 15 is 0 Å². The van der Waals surface area contributed by atoms with Crippen molar-refractivity contribution < 1.29 is 4.74 Å². The number of fused-ring (bicyclic) bond motifs is 1. The molecule has 20 heavy (non-hydrogen) atoms. The Morgan fingerprint density at radius 2 is 2.10 bits per heavy atom. The molecule has 1 unspecified atom stereocenters. The van der Waals surface area contributed by atoms with Crippen LogP contribution in [0.2, 0.25) is 0 Å². The van der Waals surface area contributed by atoms with Gasteiger partial charge >= 0.3 is 0 Å². The van der Waals surface area contributed by atoms with Gasteiger partial charge in [0.25, 0.3) is 0 Å². The van der Waals surface area contributed by atoms with Crippen LogP contribution in [0.5, 0.6) is 5.75 Å². The summed E-state index contributed by atoms with van der Waals surface area (Å²) in [5, 5.41) is 12.3. The van der Waals surface area contributed by atoms with Gasteiger partial charge in [-0.15, -0.1) is 0 Å². The fourth-order valence-electron chi connectivity index (χ4n) is 2.63. The normalized spacial score (nSPS) is 15.2. The first-order valence-electron chi connectivity index (χ1n) is 7.71. The Morgan fingerprint density at radius 3 is 2.85 bits per heavy atom. The monoisotopic (exact) mass is 272 g/mol. The lowest BCUT2D eigenvalue weighted by atomic mass is 9.92. The van der Waals surface area contributed by atoms with Crippen molar-refractivity contribution in [2.24, 2.45) is 0 Å². The van der Waals surface area contributed by atoms with Crippen molar-refractivity contribution in [3.8, 4) is 11.8 Å². The van der Waals surface area contributed by atoms with Crippen molar-refractivity contribution in [3.05, 3.63) is 29.3 Å². The van der Waals surface area contributed by atoms with E-state index in [1.807, 2.05) is 0 Å². The predicted octanol–water partition coefficient (Wildman–Crippen LogP) is 3.23. The molecule has 0 saturated carbocycles. The molecule has 0 aromatic heterocycles. The minimum atomic E-state index is -0.104. The zero-order valence-corrected chi connectivity index (χ0v) is 12.3. The van der Waals surface area contributed by atoms with Crippen molar-refractivity contribution in [1.82, 2.24) is 5.32 Å². The zero-order valence-electron chi connectivity index (χ0n) is 12.3. The van der Waals surface area contributed by atoms with Crippen molar-refractivity contribution in [3.63, 3.8) is 0 Å². The Morgan fingerprint density at radius 1 is 1.30 bits per heavy atom. The molecule has 0 aliphatic heterocycles. The van der Waals surface area contributed by atoms with E-state index in [4.69, 9.17) is 10.00 Å². The summed E-state index contributed by atoms with van der Waals surface area (Å²) >= 11 is 0. The molecular formula is C17H24N2O. The van der Waals surface area contributed by atoms with Crippen LogP contribution < -0.4 is 10.1 Å². The lowest BCUT2D eigenvalue weighted by Crippen LogP contribution is -2.29. The van der Waals surface area contributed by atoms with E-state index in [9.17, 15) is 0 Å². The highest BCUT2D eigenvalue weighted by Gasteiger charge is 2.10. The van der Waals surface area contributed by atoms with E-state index in [1.165, 1.54) is 36.8 Å². The molecule has 1 aromatic rings. The highest BCUT2D eigenvalue weighted by molar-refractivity contribution is 5.37. The maximum absolute atomic E-state index is 9.04. The highest BCUT2D eigenvalue weighted by Crippen LogP contribution is 2.25. The highest BCUT2D eigenvalue weighted by atomic mass is 16.5. The van der Waals surface area contributed by atoms with Crippen LogP contribution in [-0.4, -0.2) is 19.2 Å². The number of hydrogen-bond donors (Lipinski definition) is 1. The first-order valence-corrected chi connectivity index (χ1v) is 7.71. The second-order valence-electron chi connectivity index (χ2n) is 5.41. The van der Waals surface area contributed by atoms with Crippen LogP contribution in [-0.2, 0) is 12.8 Å².